The Morgan fingerprint density at radius 3 is 0.976 bits per heavy atom. The summed E-state index contributed by atoms with van der Waals surface area (Å²) < 4.78 is 33.1. The van der Waals surface area contributed by atoms with Gasteiger partial charge in [-0.3, -0.25) is 29.0 Å². The van der Waals surface area contributed by atoms with Crippen LogP contribution >= 0.6 is 0 Å². The number of benzene rings is 2. The van der Waals surface area contributed by atoms with Crippen LogP contribution in [0.5, 0.6) is 0 Å². The van der Waals surface area contributed by atoms with E-state index in [0.29, 0.717) is 73.8 Å². The van der Waals surface area contributed by atoms with E-state index in [9.17, 15) is 0 Å². The van der Waals surface area contributed by atoms with Gasteiger partial charge in [-0.15, -0.1) is 0 Å². The second kappa shape index (κ2) is 30.6. The molecule has 0 unspecified atom stereocenters. The highest BCUT2D eigenvalue weighted by Crippen LogP contribution is 2.46. The summed E-state index contributed by atoms with van der Waals surface area (Å²) in [6.07, 6.45) is 16.4. The van der Waals surface area contributed by atoms with E-state index in [1.165, 1.54) is 96.4 Å². The van der Waals surface area contributed by atoms with Gasteiger partial charge in [0.1, 0.15) is 0 Å². The van der Waals surface area contributed by atoms with Gasteiger partial charge in [0.15, 0.2) is 0 Å². The topological polar surface area (TPSA) is 85.5 Å². The van der Waals surface area contributed by atoms with Crippen LogP contribution in [-0.4, -0.2) is 169 Å². The molecule has 2 aromatic heterocycles. The summed E-state index contributed by atoms with van der Waals surface area (Å²) >= 11 is 0. The smallest absolute Gasteiger partial charge is 0.0743 e. The summed E-state index contributed by atoms with van der Waals surface area (Å²) in [7, 11) is 9.21. The zero-order valence-corrected chi connectivity index (χ0v) is 55.2. The Morgan fingerprint density at radius 2 is 0.679 bits per heavy atom. The van der Waals surface area contributed by atoms with Gasteiger partial charge >= 0.3 is 0 Å². The van der Waals surface area contributed by atoms with Gasteiger partial charge in [0, 0.05) is 85.4 Å². The van der Waals surface area contributed by atoms with E-state index in [1.54, 1.807) is 0 Å². The summed E-state index contributed by atoms with van der Waals surface area (Å²) in [5.74, 6) is 4.85. The summed E-state index contributed by atoms with van der Waals surface area (Å²) in [5.41, 5.74) is 10.8. The van der Waals surface area contributed by atoms with E-state index in [4.69, 9.17) is 29.1 Å². The minimum atomic E-state index is 0.00949. The number of nitrogens with zero attached hydrogens (tertiary/aromatic N) is 8. The first-order valence-corrected chi connectivity index (χ1v) is 33.9. The molecule has 0 radical (unpaired) electrons. The summed E-state index contributed by atoms with van der Waals surface area (Å²) in [4.78, 5) is 10.2. The van der Waals surface area contributed by atoms with Gasteiger partial charge in [-0.2, -0.15) is 10.2 Å². The summed E-state index contributed by atoms with van der Waals surface area (Å²) in [6.45, 7) is 31.1. The van der Waals surface area contributed by atoms with Crippen molar-refractivity contribution in [1.29, 1.82) is 0 Å². The molecule has 468 valence electrons. The van der Waals surface area contributed by atoms with E-state index in [1.807, 2.05) is 0 Å². The SMILES string of the molecule is CC(C)C[C@H]1CO[C@H](C)CN(C)[C@@H](CC(C)C)CO[C@H](Cc2ccc(Cn3nc(C4CC4)cc3C3CC3)cc2)CN(C)[C@@H](CC(C)C)CO[C@H](C)CN(C)[C@@H](CC(C)C)CO[C@H](Cc2ccc(Cn3nc(C4CC4)cc3C3CC3)cc2)CN1C. The molecule has 0 N–H and O–H groups in total. The Balaban J connectivity index is 0.920. The highest BCUT2D eigenvalue weighted by atomic mass is 16.5. The number of hydrogen-bond acceptors (Lipinski definition) is 10. The minimum absolute atomic E-state index is 0.00949. The van der Waals surface area contributed by atoms with Gasteiger partial charge in [-0.05, 0) is 190 Å². The lowest BCUT2D eigenvalue weighted by atomic mass is 10.0. The Hall–Kier alpha value is -3.46. The molecule has 0 spiro atoms. The molecule has 5 fully saturated rings. The highest BCUT2D eigenvalue weighted by Gasteiger charge is 2.35. The van der Waals surface area contributed by atoms with Crippen LogP contribution in [0.4, 0.5) is 0 Å². The molecule has 9 rings (SSSR count). The van der Waals surface area contributed by atoms with Crippen LogP contribution in [0.15, 0.2) is 60.7 Å². The third-order valence-corrected chi connectivity index (χ3v) is 19.0. The van der Waals surface area contributed by atoms with E-state index in [0.717, 1.165) is 77.8 Å². The highest BCUT2D eigenvalue weighted by molar-refractivity contribution is 5.29. The Kier molecular flexibility index (Phi) is 23.7. The van der Waals surface area contributed by atoms with Gasteiger partial charge in [-0.25, -0.2) is 0 Å². The third kappa shape index (κ3) is 20.3. The predicted molar refractivity (Wildman–Crippen MR) is 345 cm³/mol. The first-order chi connectivity index (χ1) is 40.3. The molecule has 4 saturated carbocycles. The van der Waals surface area contributed by atoms with Gasteiger partial charge < -0.3 is 18.9 Å². The van der Waals surface area contributed by atoms with Crippen molar-refractivity contribution in [3.63, 3.8) is 0 Å². The normalized spacial score (nSPS) is 27.4. The van der Waals surface area contributed by atoms with Crippen LogP contribution in [0.25, 0.3) is 0 Å². The van der Waals surface area contributed by atoms with Crippen molar-refractivity contribution < 1.29 is 18.9 Å². The van der Waals surface area contributed by atoms with Crippen molar-refractivity contribution >= 4 is 0 Å². The zero-order chi connectivity index (χ0) is 59.6. The molecule has 3 heterocycles. The Labute approximate surface area is 510 Å². The standard InChI is InChI=1S/C72H116N8O4/c1-49(2)31-63-45-81-53(9)39-75(11)66(34-52(7)8)48-84-68(36-56-17-21-58(22-18-56)42-80-72(62-29-30-62)38-70(74-80)60-25-26-60)44-78(14)64(32-50(3)4)46-82-54(10)40-76(12)65(33-51(5)6)47-83-67(43-77(63)13)35-55-15-19-57(20-16-55)41-79-71(61-27-28-61)37-69(73-79)59-23-24-59/h15-22,37-38,49-54,59-68H,23-36,39-48H2,1-14H3/t53-,54-,63+,64+,65+,66+,67-,68-/m1/s1. The maximum absolute atomic E-state index is 7.28. The molecule has 1 aliphatic heterocycles. The average Bonchev–Trinajstić information content (AvgIpc) is 2.28. The molecule has 0 amide bonds. The molecule has 12 nitrogen and oxygen atoms in total. The molecule has 4 aliphatic carbocycles. The van der Waals surface area contributed by atoms with Crippen LogP contribution in [0.3, 0.4) is 0 Å². The van der Waals surface area contributed by atoms with Crippen LogP contribution in [0.2, 0.25) is 0 Å². The Bertz CT molecular complexity index is 2370. The van der Waals surface area contributed by atoms with E-state index in [2.05, 4.69) is 187 Å². The molecular formula is C72H116N8O4. The lowest BCUT2D eigenvalue weighted by Crippen LogP contribution is -2.47. The molecule has 1 saturated heterocycles. The molecule has 5 aliphatic rings. The van der Waals surface area contributed by atoms with Crippen molar-refractivity contribution in [2.24, 2.45) is 23.7 Å². The van der Waals surface area contributed by atoms with Crippen LogP contribution in [0.1, 0.15) is 215 Å². The second-order valence-corrected chi connectivity index (χ2v) is 29.5. The van der Waals surface area contributed by atoms with E-state index >= 15 is 0 Å². The fourth-order valence-corrected chi connectivity index (χ4v) is 13.4. The quantitative estimate of drug-likeness (QED) is 0.0853. The van der Waals surface area contributed by atoms with Gasteiger partial charge in [0.2, 0.25) is 0 Å². The van der Waals surface area contributed by atoms with E-state index in [-0.39, 0.29) is 48.6 Å². The minimum Gasteiger partial charge on any atom is -0.376 e. The summed E-state index contributed by atoms with van der Waals surface area (Å²) in [5, 5.41) is 10.3. The first-order valence-electron chi connectivity index (χ1n) is 33.9. The van der Waals surface area contributed by atoms with Crippen molar-refractivity contribution in [2.75, 3.05) is 80.8 Å². The third-order valence-electron chi connectivity index (χ3n) is 19.0. The maximum Gasteiger partial charge on any atom is 0.0743 e. The first kappa shape index (κ1) is 65.0. The Morgan fingerprint density at radius 1 is 0.393 bits per heavy atom. The maximum atomic E-state index is 7.28. The van der Waals surface area contributed by atoms with Gasteiger partial charge in [0.05, 0.1) is 75.3 Å². The molecule has 8 atom stereocenters. The number of ether oxygens (including phenoxy) is 4. The fraction of sp³-hybridized carbons (Fsp3) is 0.750. The van der Waals surface area contributed by atoms with Crippen LogP contribution in [0, 0.1) is 23.7 Å². The van der Waals surface area contributed by atoms with E-state index < -0.39 is 0 Å². The molecule has 84 heavy (non-hydrogen) atoms. The summed E-state index contributed by atoms with van der Waals surface area (Å²) in [6, 6.07) is 24.7. The monoisotopic (exact) mass is 1160 g/mol. The van der Waals surface area contributed by atoms with Crippen molar-refractivity contribution in [1.82, 2.24) is 39.2 Å². The number of rotatable bonds is 20. The molecule has 0 bridgehead atoms. The molecular weight excluding hydrogens is 1040 g/mol. The lowest BCUT2D eigenvalue weighted by molar-refractivity contribution is -0.0536. The number of likely N-dealkylation sites (N-methyl/N-ethyl adjacent to an activating group) is 4. The lowest BCUT2D eigenvalue weighted by Gasteiger charge is -2.37. The van der Waals surface area contributed by atoms with Crippen LogP contribution < -0.4 is 0 Å². The number of hydrogen-bond donors (Lipinski definition) is 0. The molecule has 4 aromatic rings. The zero-order valence-electron chi connectivity index (χ0n) is 55.2. The number of aromatic nitrogens is 4. The molecule has 2 aromatic carbocycles. The fourth-order valence-electron chi connectivity index (χ4n) is 13.4. The predicted octanol–water partition coefficient (Wildman–Crippen LogP) is 13.5. The van der Waals surface area contributed by atoms with Crippen molar-refractivity contribution in [3.8, 4) is 0 Å². The molecule has 12 heteroatoms. The van der Waals surface area contributed by atoms with Gasteiger partial charge in [-0.1, -0.05) is 104 Å². The van der Waals surface area contributed by atoms with Crippen molar-refractivity contribution in [3.05, 3.63) is 106 Å². The largest absolute Gasteiger partial charge is 0.376 e. The van der Waals surface area contributed by atoms with Gasteiger partial charge in [0.25, 0.3) is 0 Å². The second-order valence-electron chi connectivity index (χ2n) is 29.5. The van der Waals surface area contributed by atoms with Crippen LogP contribution in [-0.2, 0) is 44.9 Å². The average molecular weight is 1160 g/mol. The van der Waals surface area contributed by atoms with Crippen molar-refractivity contribution in [2.45, 2.75) is 244 Å².